The number of rotatable bonds is 8. The molecule has 2 aromatic carbocycles. The lowest BCUT2D eigenvalue weighted by molar-refractivity contribution is 0.414. The van der Waals surface area contributed by atoms with Gasteiger partial charge in [-0.15, -0.1) is 0 Å². The second kappa shape index (κ2) is 8.15. The first-order chi connectivity index (χ1) is 12.6. The van der Waals surface area contributed by atoms with E-state index in [2.05, 4.69) is 10.0 Å². The summed E-state index contributed by atoms with van der Waals surface area (Å²) in [5.41, 5.74) is 0.628. The molecule has 0 saturated heterocycles. The number of hydrogen-bond acceptors (Lipinski definition) is 6. The van der Waals surface area contributed by atoms with Crippen molar-refractivity contribution in [1.82, 2.24) is 4.31 Å². The van der Waals surface area contributed by atoms with E-state index in [1.165, 1.54) is 63.7 Å². The van der Waals surface area contributed by atoms with Crippen molar-refractivity contribution in [2.75, 3.05) is 37.8 Å². The van der Waals surface area contributed by atoms with Crippen LogP contribution in [0.4, 0.5) is 11.4 Å². The lowest BCUT2D eigenvalue weighted by Crippen LogP contribution is -2.22. The number of sulfonamides is 2. The van der Waals surface area contributed by atoms with Gasteiger partial charge in [-0.2, -0.15) is 0 Å². The van der Waals surface area contributed by atoms with E-state index < -0.39 is 20.0 Å². The number of anilines is 2. The van der Waals surface area contributed by atoms with Crippen LogP contribution in [0.25, 0.3) is 0 Å². The van der Waals surface area contributed by atoms with Crippen LogP contribution in [0, 0.1) is 0 Å². The molecular weight excluding hydrogens is 390 g/mol. The van der Waals surface area contributed by atoms with Gasteiger partial charge in [0.2, 0.25) is 10.0 Å². The molecule has 2 aromatic rings. The highest BCUT2D eigenvalue weighted by Gasteiger charge is 2.21. The number of hydrogen-bond donors (Lipinski definition) is 2. The average molecular weight is 414 g/mol. The van der Waals surface area contributed by atoms with Crippen molar-refractivity contribution in [3.63, 3.8) is 0 Å². The van der Waals surface area contributed by atoms with Crippen LogP contribution >= 0.6 is 0 Å². The summed E-state index contributed by atoms with van der Waals surface area (Å²) in [7, 11) is -3.31. The van der Waals surface area contributed by atoms with Crippen LogP contribution in [0.2, 0.25) is 0 Å². The number of nitrogens with one attached hydrogen (secondary N) is 2. The molecule has 0 atom stereocenters. The molecule has 0 radical (unpaired) electrons. The highest BCUT2D eigenvalue weighted by Crippen LogP contribution is 2.29. The molecular formula is C17H23N3O5S2. The molecule has 0 aliphatic heterocycles. The van der Waals surface area contributed by atoms with Gasteiger partial charge in [0, 0.05) is 20.6 Å². The summed E-state index contributed by atoms with van der Waals surface area (Å²) < 4.78 is 58.7. The minimum atomic E-state index is -3.92. The van der Waals surface area contributed by atoms with Crippen LogP contribution in [0.15, 0.2) is 52.3 Å². The minimum absolute atomic E-state index is 0.0124. The van der Waals surface area contributed by atoms with Gasteiger partial charge in [-0.3, -0.25) is 4.72 Å². The Bertz CT molecular complexity index is 1000. The average Bonchev–Trinajstić information content (AvgIpc) is 2.63. The van der Waals surface area contributed by atoms with Gasteiger partial charge in [0.1, 0.15) is 5.75 Å². The Morgan fingerprint density at radius 2 is 1.52 bits per heavy atom. The van der Waals surface area contributed by atoms with Gasteiger partial charge < -0.3 is 10.1 Å². The molecule has 0 aliphatic rings. The molecule has 148 valence electrons. The van der Waals surface area contributed by atoms with E-state index in [0.29, 0.717) is 18.0 Å². The van der Waals surface area contributed by atoms with Crippen molar-refractivity contribution in [2.24, 2.45) is 0 Å². The van der Waals surface area contributed by atoms with Crippen LogP contribution in [0.1, 0.15) is 6.92 Å². The number of nitrogens with zero attached hydrogens (tertiary/aromatic N) is 1. The normalized spacial score (nSPS) is 12.0. The molecule has 0 bridgehead atoms. The Kier molecular flexibility index (Phi) is 6.34. The second-order valence-electron chi connectivity index (χ2n) is 5.81. The predicted molar refractivity (Wildman–Crippen MR) is 105 cm³/mol. The molecule has 0 saturated carbocycles. The van der Waals surface area contributed by atoms with Crippen molar-refractivity contribution < 1.29 is 21.6 Å². The third-order valence-corrected chi connectivity index (χ3v) is 6.94. The van der Waals surface area contributed by atoms with E-state index in [1.807, 2.05) is 6.92 Å². The van der Waals surface area contributed by atoms with Gasteiger partial charge in [0.05, 0.1) is 28.3 Å². The van der Waals surface area contributed by atoms with Crippen molar-refractivity contribution in [3.05, 3.63) is 42.5 Å². The van der Waals surface area contributed by atoms with E-state index in [4.69, 9.17) is 4.74 Å². The lowest BCUT2D eigenvalue weighted by Gasteiger charge is -2.17. The number of ether oxygens (including phenoxy) is 1. The smallest absolute Gasteiger partial charge is 0.261 e. The Balaban J connectivity index is 2.48. The van der Waals surface area contributed by atoms with E-state index in [1.54, 1.807) is 0 Å². The van der Waals surface area contributed by atoms with Gasteiger partial charge in [-0.05, 0) is 49.4 Å². The SMILES string of the molecule is CCNc1ccc(S(=O)(=O)N(C)C)cc1NS(=O)(=O)c1ccc(OC)cc1. The van der Waals surface area contributed by atoms with Gasteiger partial charge in [-0.25, -0.2) is 21.1 Å². The fraction of sp³-hybridized carbons (Fsp3) is 0.294. The topological polar surface area (TPSA) is 105 Å². The molecule has 10 heteroatoms. The summed E-state index contributed by atoms with van der Waals surface area (Å²) in [4.78, 5) is 0.0215. The van der Waals surface area contributed by atoms with Crippen molar-refractivity contribution in [2.45, 2.75) is 16.7 Å². The summed E-state index contributed by atoms with van der Waals surface area (Å²) in [5, 5.41) is 3.02. The first-order valence-electron chi connectivity index (χ1n) is 8.09. The van der Waals surface area contributed by atoms with E-state index in [-0.39, 0.29) is 15.5 Å². The monoisotopic (exact) mass is 413 g/mol. The minimum Gasteiger partial charge on any atom is -0.497 e. The van der Waals surface area contributed by atoms with Crippen molar-refractivity contribution in [3.8, 4) is 5.75 Å². The zero-order chi connectivity index (χ0) is 20.2. The van der Waals surface area contributed by atoms with Crippen molar-refractivity contribution >= 4 is 31.4 Å². The molecule has 0 aliphatic carbocycles. The van der Waals surface area contributed by atoms with Gasteiger partial charge in [-0.1, -0.05) is 0 Å². The second-order valence-corrected chi connectivity index (χ2v) is 9.64. The number of methoxy groups -OCH3 is 1. The lowest BCUT2D eigenvalue weighted by atomic mass is 10.2. The summed E-state index contributed by atoms with van der Waals surface area (Å²) in [6.45, 7) is 2.39. The zero-order valence-electron chi connectivity index (χ0n) is 15.6. The molecule has 2 rings (SSSR count). The molecule has 0 fully saturated rings. The highest BCUT2D eigenvalue weighted by atomic mass is 32.2. The fourth-order valence-electron chi connectivity index (χ4n) is 2.28. The van der Waals surface area contributed by atoms with E-state index >= 15 is 0 Å². The van der Waals surface area contributed by atoms with E-state index in [9.17, 15) is 16.8 Å². The third kappa shape index (κ3) is 4.71. The van der Waals surface area contributed by atoms with Gasteiger partial charge in [0.15, 0.2) is 0 Å². The van der Waals surface area contributed by atoms with Crippen LogP contribution in [0.5, 0.6) is 5.75 Å². The molecule has 27 heavy (non-hydrogen) atoms. The maximum Gasteiger partial charge on any atom is 0.261 e. The van der Waals surface area contributed by atoms with Crippen LogP contribution < -0.4 is 14.8 Å². The first-order valence-corrected chi connectivity index (χ1v) is 11.0. The standard InChI is InChI=1S/C17H23N3O5S2/c1-5-18-16-11-10-15(27(23,24)20(2)3)12-17(16)19-26(21,22)14-8-6-13(25-4)7-9-14/h6-12,18-19H,5H2,1-4H3. The largest absolute Gasteiger partial charge is 0.497 e. The quantitative estimate of drug-likeness (QED) is 0.687. The van der Waals surface area contributed by atoms with Crippen LogP contribution in [0.3, 0.4) is 0 Å². The van der Waals surface area contributed by atoms with Crippen molar-refractivity contribution in [1.29, 1.82) is 0 Å². The maximum absolute atomic E-state index is 12.7. The third-order valence-electron chi connectivity index (χ3n) is 3.75. The Labute approximate surface area is 160 Å². The first kappa shape index (κ1) is 21.0. The zero-order valence-corrected chi connectivity index (χ0v) is 17.2. The molecule has 0 unspecified atom stereocenters. The fourth-order valence-corrected chi connectivity index (χ4v) is 4.28. The predicted octanol–water partition coefficient (Wildman–Crippen LogP) is 2.18. The summed E-state index contributed by atoms with van der Waals surface area (Å²) in [6.07, 6.45) is 0. The Morgan fingerprint density at radius 3 is 2.04 bits per heavy atom. The molecule has 2 N–H and O–H groups in total. The molecule has 0 aromatic heterocycles. The van der Waals surface area contributed by atoms with Crippen LogP contribution in [-0.4, -0.2) is 48.9 Å². The van der Waals surface area contributed by atoms with Crippen LogP contribution in [-0.2, 0) is 20.0 Å². The Morgan fingerprint density at radius 1 is 0.926 bits per heavy atom. The number of benzene rings is 2. The molecule has 0 amide bonds. The maximum atomic E-state index is 12.7. The van der Waals surface area contributed by atoms with Gasteiger partial charge in [0.25, 0.3) is 10.0 Å². The summed E-state index contributed by atoms with van der Waals surface area (Å²) in [6, 6.07) is 10.2. The molecule has 0 spiro atoms. The Hall–Kier alpha value is -2.30. The summed E-state index contributed by atoms with van der Waals surface area (Å²) >= 11 is 0. The molecule has 0 heterocycles. The molecule has 8 nitrogen and oxygen atoms in total. The highest BCUT2D eigenvalue weighted by molar-refractivity contribution is 7.92. The van der Waals surface area contributed by atoms with Gasteiger partial charge >= 0.3 is 0 Å². The van der Waals surface area contributed by atoms with E-state index in [0.717, 1.165) is 4.31 Å². The summed E-state index contributed by atoms with van der Waals surface area (Å²) in [5.74, 6) is 0.529.